The maximum atomic E-state index is 11.7. The molecule has 0 heterocycles. The number of nitrogens with zero attached hydrogens (tertiary/aromatic N) is 2. The van der Waals surface area contributed by atoms with Crippen LogP contribution in [0, 0.1) is 0 Å². The number of carbonyl (C=O) groups is 2. The molecule has 0 radical (unpaired) electrons. The SMILES string of the molecule is CN(CCN(C=O)c1cccc(C2CCCCC2)c1)c1ccc(C=O)cc1. The first-order valence-corrected chi connectivity index (χ1v) is 9.79. The highest BCUT2D eigenvalue weighted by atomic mass is 16.1. The van der Waals surface area contributed by atoms with Gasteiger partial charge in [-0.3, -0.25) is 9.59 Å². The predicted octanol–water partition coefficient (Wildman–Crippen LogP) is 4.65. The number of likely N-dealkylation sites (N-methyl/N-ethyl adjacent to an activating group) is 1. The van der Waals surface area contributed by atoms with Crippen molar-refractivity contribution in [2.75, 3.05) is 29.9 Å². The highest BCUT2D eigenvalue weighted by molar-refractivity contribution is 5.76. The molecule has 2 aromatic rings. The van der Waals surface area contributed by atoms with Crippen molar-refractivity contribution in [1.82, 2.24) is 0 Å². The van der Waals surface area contributed by atoms with Crippen LogP contribution in [0.3, 0.4) is 0 Å². The normalized spacial score (nSPS) is 14.6. The van der Waals surface area contributed by atoms with E-state index in [9.17, 15) is 9.59 Å². The summed E-state index contributed by atoms with van der Waals surface area (Å²) >= 11 is 0. The molecule has 3 rings (SSSR count). The van der Waals surface area contributed by atoms with Crippen molar-refractivity contribution in [1.29, 1.82) is 0 Å². The third-order valence-electron chi connectivity index (χ3n) is 5.55. The maximum Gasteiger partial charge on any atom is 0.214 e. The molecule has 0 N–H and O–H groups in total. The van der Waals surface area contributed by atoms with Crippen LogP contribution in [-0.2, 0) is 4.79 Å². The Kier molecular flexibility index (Phi) is 6.64. The molecule has 142 valence electrons. The molecule has 1 aliphatic rings. The third kappa shape index (κ3) is 4.97. The summed E-state index contributed by atoms with van der Waals surface area (Å²) < 4.78 is 0. The number of benzene rings is 2. The lowest BCUT2D eigenvalue weighted by molar-refractivity contribution is -0.107. The fourth-order valence-corrected chi connectivity index (χ4v) is 3.83. The van der Waals surface area contributed by atoms with E-state index in [0.29, 0.717) is 24.6 Å². The first-order chi connectivity index (χ1) is 13.2. The number of hydrogen-bond donors (Lipinski definition) is 0. The molecule has 2 aromatic carbocycles. The van der Waals surface area contributed by atoms with Gasteiger partial charge in [0.25, 0.3) is 0 Å². The van der Waals surface area contributed by atoms with E-state index in [1.807, 2.05) is 37.4 Å². The molecule has 0 unspecified atom stereocenters. The van der Waals surface area contributed by atoms with Gasteiger partial charge < -0.3 is 9.80 Å². The zero-order valence-corrected chi connectivity index (χ0v) is 16.0. The molecule has 0 atom stereocenters. The van der Waals surface area contributed by atoms with E-state index >= 15 is 0 Å². The number of anilines is 2. The number of hydrogen-bond acceptors (Lipinski definition) is 3. The van der Waals surface area contributed by atoms with Crippen molar-refractivity contribution in [3.63, 3.8) is 0 Å². The Morgan fingerprint density at radius 1 is 0.926 bits per heavy atom. The van der Waals surface area contributed by atoms with Gasteiger partial charge in [0.15, 0.2) is 0 Å². The molecule has 0 saturated heterocycles. The average Bonchev–Trinajstić information content (AvgIpc) is 2.75. The highest BCUT2D eigenvalue weighted by Crippen LogP contribution is 2.34. The third-order valence-corrected chi connectivity index (χ3v) is 5.55. The van der Waals surface area contributed by atoms with E-state index in [4.69, 9.17) is 0 Å². The van der Waals surface area contributed by atoms with Gasteiger partial charge in [0, 0.05) is 37.1 Å². The van der Waals surface area contributed by atoms with Crippen LogP contribution in [0.1, 0.15) is 53.9 Å². The van der Waals surface area contributed by atoms with Crippen LogP contribution in [0.15, 0.2) is 48.5 Å². The Hall–Kier alpha value is -2.62. The zero-order valence-electron chi connectivity index (χ0n) is 16.0. The van der Waals surface area contributed by atoms with Crippen LogP contribution >= 0.6 is 0 Å². The van der Waals surface area contributed by atoms with Gasteiger partial charge >= 0.3 is 0 Å². The van der Waals surface area contributed by atoms with Crippen LogP contribution in [0.2, 0.25) is 0 Å². The minimum absolute atomic E-state index is 0.615. The number of amides is 1. The highest BCUT2D eigenvalue weighted by Gasteiger charge is 2.17. The summed E-state index contributed by atoms with van der Waals surface area (Å²) in [5.41, 5.74) is 4.03. The van der Waals surface area contributed by atoms with Crippen molar-refractivity contribution in [3.05, 3.63) is 59.7 Å². The van der Waals surface area contributed by atoms with Crippen molar-refractivity contribution in [3.8, 4) is 0 Å². The van der Waals surface area contributed by atoms with Crippen LogP contribution in [0.5, 0.6) is 0 Å². The smallest absolute Gasteiger partial charge is 0.214 e. The molecule has 0 aliphatic heterocycles. The molecule has 0 spiro atoms. The van der Waals surface area contributed by atoms with E-state index in [1.54, 1.807) is 4.90 Å². The number of rotatable bonds is 8. The van der Waals surface area contributed by atoms with Crippen LogP contribution in [-0.4, -0.2) is 32.8 Å². The van der Waals surface area contributed by atoms with Gasteiger partial charge in [-0.05, 0) is 60.7 Å². The van der Waals surface area contributed by atoms with E-state index in [0.717, 1.165) is 24.1 Å². The lowest BCUT2D eigenvalue weighted by Gasteiger charge is -2.26. The maximum absolute atomic E-state index is 11.7. The lowest BCUT2D eigenvalue weighted by atomic mass is 9.84. The van der Waals surface area contributed by atoms with Gasteiger partial charge in [-0.2, -0.15) is 0 Å². The molecule has 4 nitrogen and oxygen atoms in total. The van der Waals surface area contributed by atoms with Crippen LogP contribution in [0.4, 0.5) is 11.4 Å². The van der Waals surface area contributed by atoms with Crippen LogP contribution < -0.4 is 9.80 Å². The monoisotopic (exact) mass is 364 g/mol. The molecule has 1 saturated carbocycles. The van der Waals surface area contributed by atoms with Gasteiger partial charge in [-0.1, -0.05) is 31.4 Å². The summed E-state index contributed by atoms with van der Waals surface area (Å²) in [6.07, 6.45) is 8.23. The molecule has 0 aromatic heterocycles. The molecule has 27 heavy (non-hydrogen) atoms. The van der Waals surface area contributed by atoms with Gasteiger partial charge in [-0.15, -0.1) is 0 Å². The Bertz CT molecular complexity index is 751. The summed E-state index contributed by atoms with van der Waals surface area (Å²) in [6, 6.07) is 15.9. The van der Waals surface area contributed by atoms with E-state index < -0.39 is 0 Å². The first kappa shape index (κ1) is 19.2. The average molecular weight is 364 g/mol. The summed E-state index contributed by atoms with van der Waals surface area (Å²) in [7, 11) is 2.00. The Labute approximate surface area is 161 Å². The van der Waals surface area contributed by atoms with Crippen LogP contribution in [0.25, 0.3) is 0 Å². The van der Waals surface area contributed by atoms with Gasteiger partial charge in [0.05, 0.1) is 0 Å². The Morgan fingerprint density at radius 2 is 1.67 bits per heavy atom. The fourth-order valence-electron chi connectivity index (χ4n) is 3.83. The zero-order chi connectivity index (χ0) is 19.1. The van der Waals surface area contributed by atoms with Crippen molar-refractivity contribution < 1.29 is 9.59 Å². The molecular weight excluding hydrogens is 336 g/mol. The van der Waals surface area contributed by atoms with Crippen molar-refractivity contribution >= 4 is 24.1 Å². The second kappa shape index (κ2) is 9.36. The van der Waals surface area contributed by atoms with Gasteiger partial charge in [0.2, 0.25) is 6.41 Å². The van der Waals surface area contributed by atoms with Crippen molar-refractivity contribution in [2.45, 2.75) is 38.0 Å². The molecule has 1 fully saturated rings. The lowest BCUT2D eigenvalue weighted by Crippen LogP contribution is -2.32. The van der Waals surface area contributed by atoms with Gasteiger partial charge in [-0.25, -0.2) is 0 Å². The molecular formula is C23H28N2O2. The largest absolute Gasteiger partial charge is 0.373 e. The predicted molar refractivity (Wildman–Crippen MR) is 111 cm³/mol. The molecule has 0 bridgehead atoms. The summed E-state index contributed by atoms with van der Waals surface area (Å²) in [4.78, 5) is 26.3. The van der Waals surface area contributed by atoms with Gasteiger partial charge in [0.1, 0.15) is 6.29 Å². The summed E-state index contributed by atoms with van der Waals surface area (Å²) in [5.74, 6) is 0.631. The molecule has 4 heteroatoms. The van der Waals surface area contributed by atoms with E-state index in [2.05, 4.69) is 23.1 Å². The second-order valence-corrected chi connectivity index (χ2v) is 7.36. The number of carbonyl (C=O) groups excluding carboxylic acids is 2. The summed E-state index contributed by atoms with van der Waals surface area (Å²) in [6.45, 7) is 1.33. The Morgan fingerprint density at radius 3 is 2.33 bits per heavy atom. The minimum Gasteiger partial charge on any atom is -0.373 e. The van der Waals surface area contributed by atoms with E-state index in [-0.39, 0.29) is 0 Å². The Balaban J connectivity index is 1.64. The fraction of sp³-hybridized carbons (Fsp3) is 0.391. The van der Waals surface area contributed by atoms with E-state index in [1.165, 1.54) is 37.7 Å². The summed E-state index contributed by atoms with van der Waals surface area (Å²) in [5, 5.41) is 0. The molecule has 1 amide bonds. The van der Waals surface area contributed by atoms with Crippen molar-refractivity contribution in [2.24, 2.45) is 0 Å². The quantitative estimate of drug-likeness (QED) is 0.641. The first-order valence-electron chi connectivity index (χ1n) is 9.79. The number of aldehydes is 1. The topological polar surface area (TPSA) is 40.6 Å². The minimum atomic E-state index is 0.615. The standard InChI is InChI=1S/C23H28N2O2/c1-24(22-12-10-19(17-26)11-13-22)14-15-25(18-27)23-9-5-8-21(16-23)20-6-3-2-4-7-20/h5,8-13,16-18,20H,2-4,6-7,14-15H2,1H3. The molecule has 1 aliphatic carbocycles. The second-order valence-electron chi connectivity index (χ2n) is 7.36.